The molecule has 1 aliphatic rings. The minimum Gasteiger partial charge on any atom is -0.503 e. The van der Waals surface area contributed by atoms with Crippen molar-refractivity contribution in [3.05, 3.63) is 58.0 Å². The third-order valence-electron chi connectivity index (χ3n) is 3.71. The number of carboxylic acids is 1. The van der Waals surface area contributed by atoms with Crippen molar-refractivity contribution in [2.24, 2.45) is 0 Å². The van der Waals surface area contributed by atoms with Crippen LogP contribution in [0.1, 0.15) is 22.3 Å². The van der Waals surface area contributed by atoms with Gasteiger partial charge in [-0.25, -0.2) is 4.79 Å². The van der Waals surface area contributed by atoms with Crippen LogP contribution in [0.3, 0.4) is 0 Å². The zero-order valence-electron chi connectivity index (χ0n) is 11.7. The first-order valence-electron chi connectivity index (χ1n) is 6.95. The third-order valence-corrected chi connectivity index (χ3v) is 3.71. The minimum absolute atomic E-state index is 0.140. The Kier molecular flexibility index (Phi) is 3.58. The predicted molar refractivity (Wildman–Crippen MR) is 78.5 cm³/mol. The molecule has 0 bridgehead atoms. The molecule has 1 aromatic carbocycles. The van der Waals surface area contributed by atoms with Crippen LogP contribution in [0.4, 0.5) is 0 Å². The number of rotatable bonds is 3. The number of nitrogens with zero attached hydrogens (tertiary/aromatic N) is 1. The van der Waals surface area contributed by atoms with Gasteiger partial charge in [-0.05, 0) is 24.5 Å². The number of benzene rings is 1. The van der Waals surface area contributed by atoms with Gasteiger partial charge in [0, 0.05) is 12.4 Å². The first-order valence-corrected chi connectivity index (χ1v) is 6.95. The molecular weight excluding hydrogens is 286 g/mol. The number of para-hydroxylation sites is 1. The summed E-state index contributed by atoms with van der Waals surface area (Å²) in [5.41, 5.74) is -0.178. The molecule has 114 valence electrons. The van der Waals surface area contributed by atoms with E-state index in [1.165, 1.54) is 17.0 Å². The van der Waals surface area contributed by atoms with Crippen LogP contribution in [0.2, 0.25) is 0 Å². The van der Waals surface area contributed by atoms with Crippen LogP contribution < -0.4 is 10.2 Å². The second-order valence-electron chi connectivity index (χ2n) is 5.27. The largest absolute Gasteiger partial charge is 0.503 e. The lowest BCUT2D eigenvalue weighted by atomic mass is 10.0. The zero-order valence-corrected chi connectivity index (χ0v) is 11.7. The number of hydrogen-bond acceptors (Lipinski definition) is 4. The van der Waals surface area contributed by atoms with Gasteiger partial charge in [0.2, 0.25) is 5.43 Å². The Morgan fingerprint density at radius 3 is 2.86 bits per heavy atom. The Bertz CT molecular complexity index is 780. The molecule has 22 heavy (non-hydrogen) atoms. The SMILES string of the molecule is O=C(O)c1cn(CC2CCc3ccccc3O2)cc(O)c1=O. The van der Waals surface area contributed by atoms with E-state index in [4.69, 9.17) is 9.84 Å². The predicted octanol–water partition coefficient (Wildman–Crippen LogP) is 1.65. The van der Waals surface area contributed by atoms with Gasteiger partial charge in [-0.2, -0.15) is 0 Å². The van der Waals surface area contributed by atoms with E-state index in [2.05, 4.69) is 0 Å². The van der Waals surface area contributed by atoms with E-state index in [1.807, 2.05) is 24.3 Å². The lowest BCUT2D eigenvalue weighted by Gasteiger charge is -2.26. The van der Waals surface area contributed by atoms with Crippen molar-refractivity contribution in [2.45, 2.75) is 25.5 Å². The highest BCUT2D eigenvalue weighted by Gasteiger charge is 2.21. The van der Waals surface area contributed by atoms with Crippen molar-refractivity contribution in [1.82, 2.24) is 4.57 Å². The maximum atomic E-state index is 11.5. The number of aryl methyl sites for hydroxylation is 1. The van der Waals surface area contributed by atoms with Gasteiger partial charge >= 0.3 is 5.97 Å². The summed E-state index contributed by atoms with van der Waals surface area (Å²) < 4.78 is 7.36. The number of carboxylic acid groups (broad SMARTS) is 1. The van der Waals surface area contributed by atoms with Gasteiger partial charge in [-0.1, -0.05) is 18.2 Å². The molecule has 0 fully saturated rings. The van der Waals surface area contributed by atoms with E-state index in [0.29, 0.717) is 6.54 Å². The van der Waals surface area contributed by atoms with Crippen molar-refractivity contribution in [2.75, 3.05) is 0 Å². The Balaban J connectivity index is 1.83. The van der Waals surface area contributed by atoms with E-state index in [0.717, 1.165) is 24.2 Å². The molecule has 2 heterocycles. The summed E-state index contributed by atoms with van der Waals surface area (Å²) in [6.45, 7) is 0.364. The van der Waals surface area contributed by atoms with Gasteiger partial charge < -0.3 is 19.5 Å². The van der Waals surface area contributed by atoms with Crippen molar-refractivity contribution in [3.8, 4) is 11.5 Å². The van der Waals surface area contributed by atoms with Crippen LogP contribution in [0, 0.1) is 0 Å². The normalized spacial score (nSPS) is 16.6. The van der Waals surface area contributed by atoms with E-state index >= 15 is 0 Å². The summed E-state index contributed by atoms with van der Waals surface area (Å²) in [5.74, 6) is -1.11. The fourth-order valence-corrected chi connectivity index (χ4v) is 2.62. The summed E-state index contributed by atoms with van der Waals surface area (Å²) >= 11 is 0. The van der Waals surface area contributed by atoms with Crippen LogP contribution in [-0.2, 0) is 13.0 Å². The minimum atomic E-state index is -1.36. The summed E-state index contributed by atoms with van der Waals surface area (Å²) in [6, 6.07) is 7.77. The average Bonchev–Trinajstić information content (AvgIpc) is 2.50. The van der Waals surface area contributed by atoms with E-state index < -0.39 is 22.7 Å². The first-order chi connectivity index (χ1) is 10.5. The number of hydrogen-bond donors (Lipinski definition) is 2. The third kappa shape index (κ3) is 2.67. The second kappa shape index (κ2) is 5.55. The molecule has 1 atom stereocenters. The van der Waals surface area contributed by atoms with Gasteiger partial charge in [0.25, 0.3) is 0 Å². The van der Waals surface area contributed by atoms with Crippen LogP contribution >= 0.6 is 0 Å². The topological polar surface area (TPSA) is 88.8 Å². The monoisotopic (exact) mass is 301 g/mol. The molecule has 6 heteroatoms. The Morgan fingerprint density at radius 1 is 1.32 bits per heavy atom. The Labute approximate surface area is 126 Å². The lowest BCUT2D eigenvalue weighted by molar-refractivity contribution is 0.0693. The molecule has 0 amide bonds. The fraction of sp³-hybridized carbons (Fsp3) is 0.250. The average molecular weight is 301 g/mol. The molecule has 0 aliphatic carbocycles. The molecule has 1 aliphatic heterocycles. The summed E-state index contributed by atoms with van der Waals surface area (Å²) in [5, 5.41) is 18.6. The Morgan fingerprint density at radius 2 is 2.09 bits per heavy atom. The number of ether oxygens (including phenoxy) is 1. The van der Waals surface area contributed by atoms with Crippen LogP contribution in [0.15, 0.2) is 41.5 Å². The van der Waals surface area contributed by atoms with E-state index in [-0.39, 0.29) is 6.10 Å². The van der Waals surface area contributed by atoms with Crippen LogP contribution in [0.25, 0.3) is 0 Å². The number of aromatic carboxylic acids is 1. The van der Waals surface area contributed by atoms with Gasteiger partial charge in [0.05, 0.1) is 6.54 Å². The highest BCUT2D eigenvalue weighted by atomic mass is 16.5. The van der Waals surface area contributed by atoms with Gasteiger partial charge in [-0.3, -0.25) is 4.79 Å². The molecule has 2 aromatic rings. The van der Waals surface area contributed by atoms with Crippen molar-refractivity contribution >= 4 is 5.97 Å². The molecule has 0 spiro atoms. The molecule has 1 unspecified atom stereocenters. The number of aromatic hydroxyl groups is 1. The quantitative estimate of drug-likeness (QED) is 0.899. The lowest BCUT2D eigenvalue weighted by Crippen LogP contribution is -2.28. The number of pyridine rings is 1. The molecule has 0 saturated carbocycles. The molecule has 1 aromatic heterocycles. The van der Waals surface area contributed by atoms with Crippen molar-refractivity contribution < 1.29 is 19.7 Å². The summed E-state index contributed by atoms with van der Waals surface area (Å²) in [4.78, 5) is 22.6. The Hall–Kier alpha value is -2.76. The number of carbonyl (C=O) groups is 1. The highest BCUT2D eigenvalue weighted by Crippen LogP contribution is 2.27. The molecule has 3 rings (SSSR count). The summed E-state index contributed by atoms with van der Waals surface area (Å²) in [7, 11) is 0. The maximum absolute atomic E-state index is 11.5. The van der Waals surface area contributed by atoms with Crippen LogP contribution in [-0.4, -0.2) is 26.9 Å². The maximum Gasteiger partial charge on any atom is 0.341 e. The first kappa shape index (κ1) is 14.2. The molecular formula is C16H15NO5. The molecule has 6 nitrogen and oxygen atoms in total. The van der Waals surface area contributed by atoms with Crippen molar-refractivity contribution in [1.29, 1.82) is 0 Å². The molecule has 2 N–H and O–H groups in total. The van der Waals surface area contributed by atoms with E-state index in [9.17, 15) is 14.7 Å². The van der Waals surface area contributed by atoms with Crippen molar-refractivity contribution in [3.63, 3.8) is 0 Å². The standard InChI is InChI=1S/C16H15NO5/c18-13-9-17(8-12(15(13)19)16(20)21)7-11-6-5-10-3-1-2-4-14(10)22-11/h1-4,8-9,11,18H,5-7H2,(H,20,21). The highest BCUT2D eigenvalue weighted by molar-refractivity contribution is 5.87. The van der Waals surface area contributed by atoms with Gasteiger partial charge in [0.15, 0.2) is 5.75 Å². The fourth-order valence-electron chi connectivity index (χ4n) is 2.62. The van der Waals surface area contributed by atoms with E-state index in [1.54, 1.807) is 0 Å². The smallest absolute Gasteiger partial charge is 0.341 e. The molecule has 0 radical (unpaired) electrons. The van der Waals surface area contributed by atoms with Gasteiger partial charge in [0.1, 0.15) is 17.4 Å². The van der Waals surface area contributed by atoms with Gasteiger partial charge in [-0.15, -0.1) is 0 Å². The number of fused-ring (bicyclic) bond motifs is 1. The second-order valence-corrected chi connectivity index (χ2v) is 5.27. The summed E-state index contributed by atoms with van der Waals surface area (Å²) in [6.07, 6.45) is 3.98. The number of aromatic nitrogens is 1. The molecule has 0 saturated heterocycles. The van der Waals surface area contributed by atoms with Crippen LogP contribution in [0.5, 0.6) is 11.5 Å². The zero-order chi connectivity index (χ0) is 15.7.